The second-order valence-electron chi connectivity index (χ2n) is 6.51. The van der Waals surface area contributed by atoms with E-state index in [1.54, 1.807) is 6.07 Å². The molecule has 3 rings (SSSR count). The van der Waals surface area contributed by atoms with E-state index in [0.29, 0.717) is 23.3 Å². The van der Waals surface area contributed by atoms with E-state index in [2.05, 4.69) is 9.97 Å². The first-order valence-electron chi connectivity index (χ1n) is 8.53. The third-order valence-electron chi connectivity index (χ3n) is 4.75. The number of piperidine rings is 1. The molecule has 24 heavy (non-hydrogen) atoms. The van der Waals surface area contributed by atoms with Crippen LogP contribution < -0.4 is 5.56 Å². The number of carbonyl (C=O) groups is 1. The van der Waals surface area contributed by atoms with Gasteiger partial charge in [0.2, 0.25) is 5.91 Å². The van der Waals surface area contributed by atoms with Crippen LogP contribution in [-0.2, 0) is 11.3 Å². The molecule has 0 saturated carbocycles. The molecule has 1 aromatic heterocycles. The van der Waals surface area contributed by atoms with Gasteiger partial charge in [0.15, 0.2) is 0 Å². The lowest BCUT2D eigenvalue weighted by Crippen LogP contribution is -2.47. The maximum Gasteiger partial charge on any atom is 0.258 e. The van der Waals surface area contributed by atoms with Crippen LogP contribution in [0.15, 0.2) is 29.1 Å². The predicted molar refractivity (Wildman–Crippen MR) is 93.7 cm³/mol. The molecular weight excluding hydrogens is 304 g/mol. The van der Waals surface area contributed by atoms with Gasteiger partial charge in [-0.2, -0.15) is 0 Å². The number of nitrogens with zero attached hydrogens (tertiary/aromatic N) is 3. The Morgan fingerprint density at radius 2 is 2.00 bits per heavy atom. The summed E-state index contributed by atoms with van der Waals surface area (Å²) in [4.78, 5) is 36.0. The standard InChI is InChI=1S/C18H24N4O2/c1-13(18(24)22-10-6-3-7-11-22)21(2)12-16-19-15-9-5-4-8-14(15)17(23)20-16/h4-5,8-9,13H,3,6-7,10-12H2,1-2H3,(H,19,20,23)/t13-/m1/s1. The molecule has 1 N–H and O–H groups in total. The molecule has 6 nitrogen and oxygen atoms in total. The Morgan fingerprint density at radius 3 is 2.75 bits per heavy atom. The van der Waals surface area contributed by atoms with Gasteiger partial charge >= 0.3 is 0 Å². The second-order valence-corrected chi connectivity index (χ2v) is 6.51. The topological polar surface area (TPSA) is 69.3 Å². The summed E-state index contributed by atoms with van der Waals surface area (Å²) in [6.45, 7) is 4.04. The molecule has 1 aliphatic heterocycles. The van der Waals surface area contributed by atoms with Gasteiger partial charge in [0, 0.05) is 13.1 Å². The van der Waals surface area contributed by atoms with Crippen LogP contribution in [0.4, 0.5) is 0 Å². The minimum Gasteiger partial charge on any atom is -0.341 e. The zero-order valence-corrected chi connectivity index (χ0v) is 14.3. The van der Waals surface area contributed by atoms with Crippen molar-refractivity contribution in [2.24, 2.45) is 0 Å². The fourth-order valence-electron chi connectivity index (χ4n) is 3.15. The maximum absolute atomic E-state index is 12.6. The average molecular weight is 328 g/mol. The maximum atomic E-state index is 12.6. The van der Waals surface area contributed by atoms with Crippen molar-refractivity contribution in [3.8, 4) is 0 Å². The molecule has 2 aromatic rings. The molecule has 1 atom stereocenters. The van der Waals surface area contributed by atoms with Crippen molar-refractivity contribution in [1.29, 1.82) is 0 Å². The van der Waals surface area contributed by atoms with Crippen LogP contribution in [0.3, 0.4) is 0 Å². The highest BCUT2D eigenvalue weighted by atomic mass is 16.2. The van der Waals surface area contributed by atoms with Gasteiger partial charge in [-0.3, -0.25) is 14.5 Å². The SMILES string of the molecule is C[C@H](C(=O)N1CCCCC1)N(C)Cc1nc2ccccc2c(=O)[nH]1. The summed E-state index contributed by atoms with van der Waals surface area (Å²) in [5.74, 6) is 0.736. The largest absolute Gasteiger partial charge is 0.341 e. The summed E-state index contributed by atoms with van der Waals surface area (Å²) < 4.78 is 0. The molecule has 0 radical (unpaired) electrons. The number of rotatable bonds is 4. The van der Waals surface area contributed by atoms with Crippen molar-refractivity contribution in [2.45, 2.75) is 38.8 Å². The number of nitrogens with one attached hydrogen (secondary N) is 1. The van der Waals surface area contributed by atoms with E-state index in [1.807, 2.05) is 42.0 Å². The Labute approximate surface area is 141 Å². The fraction of sp³-hybridized carbons (Fsp3) is 0.500. The molecule has 6 heteroatoms. The van der Waals surface area contributed by atoms with Crippen molar-refractivity contribution >= 4 is 16.8 Å². The van der Waals surface area contributed by atoms with Crippen molar-refractivity contribution < 1.29 is 4.79 Å². The highest BCUT2D eigenvalue weighted by Gasteiger charge is 2.25. The smallest absolute Gasteiger partial charge is 0.258 e. The molecule has 0 unspecified atom stereocenters. The van der Waals surface area contributed by atoms with Gasteiger partial charge in [0.1, 0.15) is 5.82 Å². The Balaban J connectivity index is 1.73. The number of hydrogen-bond donors (Lipinski definition) is 1. The number of amides is 1. The molecule has 0 spiro atoms. The second kappa shape index (κ2) is 7.13. The molecule has 1 saturated heterocycles. The number of hydrogen-bond acceptors (Lipinski definition) is 4. The zero-order valence-electron chi connectivity index (χ0n) is 14.3. The quantitative estimate of drug-likeness (QED) is 0.928. The van der Waals surface area contributed by atoms with Crippen LogP contribution in [0.2, 0.25) is 0 Å². The van der Waals surface area contributed by atoms with Gasteiger partial charge < -0.3 is 9.88 Å². The first-order valence-corrected chi connectivity index (χ1v) is 8.53. The third kappa shape index (κ3) is 3.48. The fourth-order valence-corrected chi connectivity index (χ4v) is 3.15. The molecule has 128 valence electrons. The Kier molecular flexibility index (Phi) is 4.94. The van der Waals surface area contributed by atoms with Crippen molar-refractivity contribution in [1.82, 2.24) is 19.8 Å². The lowest BCUT2D eigenvalue weighted by molar-refractivity contribution is -0.137. The molecule has 0 bridgehead atoms. The highest BCUT2D eigenvalue weighted by Crippen LogP contribution is 2.13. The number of likely N-dealkylation sites (N-methyl/N-ethyl adjacent to an activating group) is 1. The van der Waals surface area contributed by atoms with Crippen LogP contribution in [0, 0.1) is 0 Å². The summed E-state index contributed by atoms with van der Waals surface area (Å²) in [6, 6.07) is 7.04. The lowest BCUT2D eigenvalue weighted by atomic mass is 10.1. The normalized spacial score (nSPS) is 16.5. The predicted octanol–water partition coefficient (Wildman–Crippen LogP) is 1.76. The number of aromatic amines is 1. The van der Waals surface area contributed by atoms with Gasteiger partial charge in [-0.05, 0) is 45.4 Å². The van der Waals surface area contributed by atoms with E-state index >= 15 is 0 Å². The number of para-hydroxylation sites is 1. The number of benzene rings is 1. The highest BCUT2D eigenvalue weighted by molar-refractivity contribution is 5.81. The molecule has 1 amide bonds. The van der Waals surface area contributed by atoms with Gasteiger partial charge in [-0.15, -0.1) is 0 Å². The van der Waals surface area contributed by atoms with E-state index < -0.39 is 0 Å². The first kappa shape index (κ1) is 16.6. The Morgan fingerprint density at radius 1 is 1.29 bits per heavy atom. The lowest BCUT2D eigenvalue weighted by Gasteiger charge is -2.32. The molecular formula is C18H24N4O2. The van der Waals surface area contributed by atoms with Crippen molar-refractivity contribution in [3.63, 3.8) is 0 Å². The zero-order chi connectivity index (χ0) is 17.1. The first-order chi connectivity index (χ1) is 11.6. The Hall–Kier alpha value is -2.21. The summed E-state index contributed by atoms with van der Waals surface area (Å²) >= 11 is 0. The monoisotopic (exact) mass is 328 g/mol. The summed E-state index contributed by atoms with van der Waals surface area (Å²) in [6.07, 6.45) is 3.37. The molecule has 2 heterocycles. The van der Waals surface area contributed by atoms with Crippen molar-refractivity contribution in [3.05, 3.63) is 40.4 Å². The minimum absolute atomic E-state index is 0.140. The van der Waals surface area contributed by atoms with E-state index in [-0.39, 0.29) is 17.5 Å². The van der Waals surface area contributed by atoms with E-state index in [4.69, 9.17) is 0 Å². The number of H-pyrrole nitrogens is 1. The number of aromatic nitrogens is 2. The number of carbonyl (C=O) groups excluding carboxylic acids is 1. The van der Waals surface area contributed by atoms with Gasteiger partial charge in [-0.25, -0.2) is 4.98 Å². The molecule has 0 aliphatic carbocycles. The van der Waals surface area contributed by atoms with Gasteiger partial charge in [0.05, 0.1) is 23.5 Å². The minimum atomic E-state index is -0.236. The summed E-state index contributed by atoms with van der Waals surface area (Å²) in [7, 11) is 1.89. The van der Waals surface area contributed by atoms with Crippen LogP contribution in [0.25, 0.3) is 10.9 Å². The van der Waals surface area contributed by atoms with E-state index in [1.165, 1.54) is 6.42 Å². The number of likely N-dealkylation sites (tertiary alicyclic amines) is 1. The van der Waals surface area contributed by atoms with Crippen molar-refractivity contribution in [2.75, 3.05) is 20.1 Å². The van der Waals surface area contributed by atoms with Crippen LogP contribution in [-0.4, -0.2) is 51.9 Å². The third-order valence-corrected chi connectivity index (χ3v) is 4.75. The summed E-state index contributed by atoms with van der Waals surface area (Å²) in [5.41, 5.74) is 0.540. The van der Waals surface area contributed by atoms with Crippen LogP contribution >= 0.6 is 0 Å². The average Bonchev–Trinajstić information content (AvgIpc) is 2.61. The van der Waals surface area contributed by atoms with E-state index in [0.717, 1.165) is 25.9 Å². The van der Waals surface area contributed by atoms with Gasteiger partial charge in [0.25, 0.3) is 5.56 Å². The molecule has 1 aromatic carbocycles. The molecule has 1 aliphatic rings. The van der Waals surface area contributed by atoms with Gasteiger partial charge in [-0.1, -0.05) is 12.1 Å². The van der Waals surface area contributed by atoms with Crippen LogP contribution in [0.5, 0.6) is 0 Å². The van der Waals surface area contributed by atoms with Crippen LogP contribution in [0.1, 0.15) is 32.0 Å². The van der Waals surface area contributed by atoms with E-state index in [9.17, 15) is 9.59 Å². The number of fused-ring (bicyclic) bond motifs is 1. The summed E-state index contributed by atoms with van der Waals surface area (Å²) in [5, 5.41) is 0.585. The Bertz CT molecular complexity index is 780. The molecule has 1 fully saturated rings.